The highest BCUT2D eigenvalue weighted by Crippen LogP contribution is 2.40. The smallest absolute Gasteiger partial charge is 0.195 e. The lowest BCUT2D eigenvalue weighted by molar-refractivity contribution is 0.415. The van der Waals surface area contributed by atoms with Crippen molar-refractivity contribution in [3.05, 3.63) is 91.0 Å². The summed E-state index contributed by atoms with van der Waals surface area (Å²) in [6.45, 7) is 0. The second kappa shape index (κ2) is 6.71. The second-order valence-corrected chi connectivity index (χ2v) is 8.30. The van der Waals surface area contributed by atoms with E-state index >= 15 is 0 Å². The maximum absolute atomic E-state index is 5.43. The molecule has 0 unspecified atom stereocenters. The molecule has 30 heavy (non-hydrogen) atoms. The molecule has 0 fully saturated rings. The summed E-state index contributed by atoms with van der Waals surface area (Å²) in [6, 6.07) is 31.8. The Labute approximate surface area is 177 Å². The SMILES string of the molecule is COc1ccc2c(c1)sc1nc(-c3ccccc3)c(-c3ccc4ccccc4c3)n12. The largest absolute Gasteiger partial charge is 0.497 e. The van der Waals surface area contributed by atoms with Gasteiger partial charge >= 0.3 is 0 Å². The van der Waals surface area contributed by atoms with Crippen molar-refractivity contribution in [3.8, 4) is 28.3 Å². The Hall–Kier alpha value is -3.63. The van der Waals surface area contributed by atoms with Crippen LogP contribution in [-0.4, -0.2) is 16.5 Å². The Morgan fingerprint density at radius 2 is 1.57 bits per heavy atom. The number of benzene rings is 4. The summed E-state index contributed by atoms with van der Waals surface area (Å²) >= 11 is 1.69. The van der Waals surface area contributed by atoms with Crippen molar-refractivity contribution in [1.29, 1.82) is 0 Å². The molecule has 0 bridgehead atoms. The molecule has 0 atom stereocenters. The molecule has 4 aromatic carbocycles. The summed E-state index contributed by atoms with van der Waals surface area (Å²) in [5, 5.41) is 2.47. The Morgan fingerprint density at radius 3 is 2.40 bits per heavy atom. The number of hydrogen-bond acceptors (Lipinski definition) is 3. The first-order chi connectivity index (χ1) is 14.8. The van der Waals surface area contributed by atoms with E-state index in [-0.39, 0.29) is 0 Å². The molecule has 0 aliphatic heterocycles. The van der Waals surface area contributed by atoms with Gasteiger partial charge in [0.15, 0.2) is 4.96 Å². The van der Waals surface area contributed by atoms with Gasteiger partial charge in [-0.25, -0.2) is 4.98 Å². The second-order valence-electron chi connectivity index (χ2n) is 7.29. The Kier molecular flexibility index (Phi) is 3.86. The Bertz CT molecular complexity index is 1530. The number of thiazole rings is 1. The minimum Gasteiger partial charge on any atom is -0.497 e. The van der Waals surface area contributed by atoms with E-state index in [1.807, 2.05) is 12.1 Å². The molecule has 0 aliphatic rings. The summed E-state index contributed by atoms with van der Waals surface area (Å²) in [5.74, 6) is 0.863. The fourth-order valence-electron chi connectivity index (χ4n) is 4.08. The van der Waals surface area contributed by atoms with Gasteiger partial charge in [0.05, 0.1) is 28.7 Å². The molecule has 0 amide bonds. The van der Waals surface area contributed by atoms with Gasteiger partial charge in [-0.1, -0.05) is 78.1 Å². The minimum absolute atomic E-state index is 0.863. The van der Waals surface area contributed by atoms with Crippen molar-refractivity contribution in [2.24, 2.45) is 0 Å². The lowest BCUT2D eigenvalue weighted by atomic mass is 10.0. The normalized spacial score (nSPS) is 11.5. The van der Waals surface area contributed by atoms with Crippen molar-refractivity contribution >= 4 is 37.3 Å². The van der Waals surface area contributed by atoms with Gasteiger partial charge < -0.3 is 4.74 Å². The van der Waals surface area contributed by atoms with Gasteiger partial charge in [0, 0.05) is 11.1 Å². The topological polar surface area (TPSA) is 26.5 Å². The van der Waals surface area contributed by atoms with E-state index in [0.717, 1.165) is 38.7 Å². The summed E-state index contributed by atoms with van der Waals surface area (Å²) in [7, 11) is 1.70. The molecule has 6 rings (SSSR count). The van der Waals surface area contributed by atoms with Crippen molar-refractivity contribution in [2.45, 2.75) is 0 Å². The summed E-state index contributed by atoms with van der Waals surface area (Å²) < 4.78 is 8.88. The number of nitrogens with zero attached hydrogens (tertiary/aromatic N) is 2. The van der Waals surface area contributed by atoms with Crippen LogP contribution in [0.1, 0.15) is 0 Å². The minimum atomic E-state index is 0.863. The number of aromatic nitrogens is 2. The first-order valence-corrected chi connectivity index (χ1v) is 10.7. The number of methoxy groups -OCH3 is 1. The van der Waals surface area contributed by atoms with Gasteiger partial charge in [0.25, 0.3) is 0 Å². The van der Waals surface area contributed by atoms with Gasteiger partial charge in [-0.15, -0.1) is 0 Å². The van der Waals surface area contributed by atoms with E-state index in [2.05, 4.69) is 83.3 Å². The molecule has 3 nitrogen and oxygen atoms in total. The number of imidazole rings is 1. The highest BCUT2D eigenvalue weighted by molar-refractivity contribution is 7.23. The average molecular weight is 407 g/mol. The van der Waals surface area contributed by atoms with Crippen molar-refractivity contribution in [1.82, 2.24) is 9.38 Å². The molecule has 144 valence electrons. The number of ether oxygens (including phenoxy) is 1. The number of rotatable bonds is 3. The van der Waals surface area contributed by atoms with Crippen LogP contribution >= 0.6 is 11.3 Å². The quantitative estimate of drug-likeness (QED) is 0.315. The molecule has 0 N–H and O–H groups in total. The molecular weight excluding hydrogens is 388 g/mol. The van der Waals surface area contributed by atoms with Crippen molar-refractivity contribution < 1.29 is 4.74 Å². The molecule has 0 saturated carbocycles. The standard InChI is InChI=1S/C26H18N2OS/c1-29-21-13-14-22-23(16-21)30-26-27-24(18-8-3-2-4-9-18)25(28(22)26)20-12-11-17-7-5-6-10-19(17)15-20/h2-16H,1H3. The van der Waals surface area contributed by atoms with Gasteiger partial charge in [-0.2, -0.15) is 0 Å². The van der Waals surface area contributed by atoms with E-state index in [1.54, 1.807) is 18.4 Å². The lowest BCUT2D eigenvalue weighted by Gasteiger charge is -2.08. The van der Waals surface area contributed by atoms with Crippen LogP contribution < -0.4 is 4.74 Å². The molecule has 0 saturated heterocycles. The van der Waals surface area contributed by atoms with Gasteiger partial charge in [-0.3, -0.25) is 4.40 Å². The zero-order valence-electron chi connectivity index (χ0n) is 16.4. The first kappa shape index (κ1) is 17.2. The Morgan fingerprint density at radius 1 is 0.767 bits per heavy atom. The lowest BCUT2D eigenvalue weighted by Crippen LogP contribution is -1.90. The van der Waals surface area contributed by atoms with Crippen LogP contribution in [0.15, 0.2) is 91.0 Å². The third-order valence-corrected chi connectivity index (χ3v) is 6.53. The van der Waals surface area contributed by atoms with Gasteiger partial charge in [-0.05, 0) is 35.0 Å². The van der Waals surface area contributed by atoms with Crippen LogP contribution in [0.2, 0.25) is 0 Å². The van der Waals surface area contributed by atoms with E-state index in [9.17, 15) is 0 Å². The summed E-state index contributed by atoms with van der Waals surface area (Å²) in [5.41, 5.74) is 5.57. The van der Waals surface area contributed by atoms with E-state index in [0.29, 0.717) is 0 Å². The van der Waals surface area contributed by atoms with E-state index in [1.165, 1.54) is 15.5 Å². The molecule has 4 heteroatoms. The van der Waals surface area contributed by atoms with Gasteiger partial charge in [0.2, 0.25) is 0 Å². The zero-order chi connectivity index (χ0) is 20.1. The maximum Gasteiger partial charge on any atom is 0.195 e. The van der Waals surface area contributed by atoms with E-state index in [4.69, 9.17) is 9.72 Å². The third-order valence-electron chi connectivity index (χ3n) is 5.53. The number of hydrogen-bond donors (Lipinski definition) is 0. The highest BCUT2D eigenvalue weighted by atomic mass is 32.1. The van der Waals surface area contributed by atoms with Gasteiger partial charge in [0.1, 0.15) is 5.75 Å². The maximum atomic E-state index is 5.43. The Balaban J connectivity index is 1.71. The van der Waals surface area contributed by atoms with Crippen LogP contribution in [0.5, 0.6) is 5.75 Å². The molecule has 6 aromatic rings. The summed E-state index contributed by atoms with van der Waals surface area (Å²) in [4.78, 5) is 6.06. The third kappa shape index (κ3) is 2.61. The summed E-state index contributed by atoms with van der Waals surface area (Å²) in [6.07, 6.45) is 0. The predicted molar refractivity (Wildman–Crippen MR) is 126 cm³/mol. The van der Waals surface area contributed by atoms with Crippen LogP contribution in [0.4, 0.5) is 0 Å². The van der Waals surface area contributed by atoms with Crippen LogP contribution in [0, 0.1) is 0 Å². The molecule has 0 spiro atoms. The predicted octanol–water partition coefficient (Wildman–Crippen LogP) is 7.04. The van der Waals surface area contributed by atoms with Crippen LogP contribution in [0.3, 0.4) is 0 Å². The molecule has 0 aliphatic carbocycles. The zero-order valence-corrected chi connectivity index (χ0v) is 17.2. The van der Waals surface area contributed by atoms with E-state index < -0.39 is 0 Å². The van der Waals surface area contributed by atoms with Crippen molar-refractivity contribution in [2.75, 3.05) is 7.11 Å². The first-order valence-electron chi connectivity index (χ1n) is 9.85. The van der Waals surface area contributed by atoms with Crippen molar-refractivity contribution in [3.63, 3.8) is 0 Å². The monoisotopic (exact) mass is 406 g/mol. The fraction of sp³-hybridized carbons (Fsp3) is 0.0385. The van der Waals surface area contributed by atoms with Crippen LogP contribution in [-0.2, 0) is 0 Å². The molecule has 2 aromatic heterocycles. The van der Waals surface area contributed by atoms with Crippen LogP contribution in [0.25, 0.3) is 48.5 Å². The molecular formula is C26H18N2OS. The molecule has 2 heterocycles. The average Bonchev–Trinajstić information content (AvgIpc) is 3.34. The fourth-order valence-corrected chi connectivity index (χ4v) is 5.13. The highest BCUT2D eigenvalue weighted by Gasteiger charge is 2.20. The molecule has 0 radical (unpaired) electrons. The number of fused-ring (bicyclic) bond motifs is 4.